The minimum atomic E-state index is -0.358. The average molecular weight is 320 g/mol. The third-order valence-corrected chi connectivity index (χ3v) is 3.87. The molecule has 2 atom stereocenters. The van der Waals surface area contributed by atoms with Crippen LogP contribution < -0.4 is 15.8 Å². The highest BCUT2D eigenvalue weighted by Crippen LogP contribution is 2.21. The zero-order chi connectivity index (χ0) is 16.2. The SMILES string of the molecule is NCCOc1cccnc1C(=O)N1C[C@H]2COC[C@@H](C1)C(=O)N2. The lowest BCUT2D eigenvalue weighted by atomic mass is 10.1. The second-order valence-corrected chi connectivity index (χ2v) is 5.64. The van der Waals surface area contributed by atoms with Crippen LogP contribution in [0.15, 0.2) is 18.3 Å². The smallest absolute Gasteiger partial charge is 0.276 e. The molecule has 1 aromatic rings. The van der Waals surface area contributed by atoms with Crippen LogP contribution in [0.25, 0.3) is 0 Å². The summed E-state index contributed by atoms with van der Waals surface area (Å²) in [6.45, 7) is 2.11. The molecule has 2 amide bonds. The van der Waals surface area contributed by atoms with Crippen molar-refractivity contribution < 1.29 is 19.1 Å². The zero-order valence-electron chi connectivity index (χ0n) is 12.7. The first kappa shape index (κ1) is 15.7. The van der Waals surface area contributed by atoms with Crippen molar-refractivity contribution in [1.29, 1.82) is 0 Å². The van der Waals surface area contributed by atoms with Gasteiger partial charge in [0.2, 0.25) is 5.91 Å². The fourth-order valence-corrected chi connectivity index (χ4v) is 2.78. The average Bonchev–Trinajstić information content (AvgIpc) is 2.81. The number of hydrogen-bond donors (Lipinski definition) is 2. The predicted molar refractivity (Wildman–Crippen MR) is 80.9 cm³/mol. The van der Waals surface area contributed by atoms with E-state index in [4.69, 9.17) is 15.2 Å². The quantitative estimate of drug-likeness (QED) is 0.737. The van der Waals surface area contributed by atoms with Crippen molar-refractivity contribution >= 4 is 11.8 Å². The van der Waals surface area contributed by atoms with Gasteiger partial charge in [-0.1, -0.05) is 0 Å². The highest BCUT2D eigenvalue weighted by Gasteiger charge is 2.36. The van der Waals surface area contributed by atoms with Crippen molar-refractivity contribution in [2.45, 2.75) is 6.04 Å². The number of carbonyl (C=O) groups is 2. The van der Waals surface area contributed by atoms with Crippen LogP contribution in [-0.4, -0.2) is 67.2 Å². The van der Waals surface area contributed by atoms with E-state index in [-0.39, 0.29) is 29.5 Å². The number of hydrogen-bond acceptors (Lipinski definition) is 6. The van der Waals surface area contributed by atoms with Crippen molar-refractivity contribution in [3.05, 3.63) is 24.0 Å². The molecule has 0 unspecified atom stereocenters. The lowest BCUT2D eigenvalue weighted by Gasteiger charge is -2.27. The van der Waals surface area contributed by atoms with Crippen LogP contribution in [-0.2, 0) is 9.53 Å². The normalized spacial score (nSPS) is 23.9. The summed E-state index contributed by atoms with van der Waals surface area (Å²) in [5, 5.41) is 2.90. The van der Waals surface area contributed by atoms with Gasteiger partial charge in [0.15, 0.2) is 11.4 Å². The maximum Gasteiger partial charge on any atom is 0.276 e. The molecule has 3 heterocycles. The molecule has 23 heavy (non-hydrogen) atoms. The number of amides is 2. The van der Waals surface area contributed by atoms with E-state index in [0.717, 1.165) is 0 Å². The number of ether oxygens (including phenoxy) is 2. The highest BCUT2D eigenvalue weighted by atomic mass is 16.5. The molecule has 0 aromatic carbocycles. The first-order valence-electron chi connectivity index (χ1n) is 7.64. The molecule has 0 spiro atoms. The topological polar surface area (TPSA) is 107 Å². The fraction of sp³-hybridized carbons (Fsp3) is 0.533. The molecule has 2 aliphatic rings. The Hall–Kier alpha value is -2.19. The van der Waals surface area contributed by atoms with Gasteiger partial charge < -0.3 is 25.4 Å². The van der Waals surface area contributed by atoms with Gasteiger partial charge >= 0.3 is 0 Å². The summed E-state index contributed by atoms with van der Waals surface area (Å²) in [7, 11) is 0. The number of nitrogens with two attached hydrogens (primary N) is 1. The molecular formula is C15H20N4O4. The Morgan fingerprint density at radius 3 is 3.17 bits per heavy atom. The molecule has 3 N–H and O–H groups in total. The Morgan fingerprint density at radius 1 is 1.48 bits per heavy atom. The molecule has 8 heteroatoms. The first-order valence-corrected chi connectivity index (χ1v) is 7.64. The second kappa shape index (κ2) is 6.93. The summed E-state index contributed by atoms with van der Waals surface area (Å²) in [5.41, 5.74) is 5.69. The van der Waals surface area contributed by atoms with Gasteiger partial charge in [-0.25, -0.2) is 4.98 Å². The van der Waals surface area contributed by atoms with E-state index in [1.165, 1.54) is 0 Å². The summed E-state index contributed by atoms with van der Waals surface area (Å²) in [5.74, 6) is -0.258. The predicted octanol–water partition coefficient (Wildman–Crippen LogP) is -0.994. The van der Waals surface area contributed by atoms with Crippen LogP contribution in [0.1, 0.15) is 10.5 Å². The second-order valence-electron chi connectivity index (χ2n) is 5.64. The minimum Gasteiger partial charge on any atom is -0.490 e. The largest absolute Gasteiger partial charge is 0.490 e. The molecular weight excluding hydrogens is 300 g/mol. The number of pyridine rings is 1. The molecule has 0 radical (unpaired) electrons. The number of fused-ring (bicyclic) bond motifs is 3. The highest BCUT2D eigenvalue weighted by molar-refractivity contribution is 5.95. The van der Waals surface area contributed by atoms with Crippen LogP contribution in [0, 0.1) is 5.92 Å². The van der Waals surface area contributed by atoms with Crippen molar-refractivity contribution in [1.82, 2.24) is 15.2 Å². The van der Waals surface area contributed by atoms with Crippen molar-refractivity contribution in [3.8, 4) is 5.75 Å². The lowest BCUT2D eigenvalue weighted by Crippen LogP contribution is -2.44. The summed E-state index contributed by atoms with van der Waals surface area (Å²) in [6, 6.07) is 3.20. The third kappa shape index (κ3) is 3.43. The van der Waals surface area contributed by atoms with Gasteiger partial charge in [0, 0.05) is 25.8 Å². The Bertz CT molecular complexity index is 595. The standard InChI is InChI=1S/C15H20N4O4/c16-3-5-23-12-2-1-4-17-13(12)15(21)19-6-10-8-22-9-11(7-19)18-14(10)20/h1-2,4,10-11H,3,5-9,16H2,(H,18,20)/t10-,11+/m1/s1. The summed E-state index contributed by atoms with van der Waals surface area (Å²) >= 11 is 0. The first-order chi connectivity index (χ1) is 11.2. The number of nitrogens with zero attached hydrogens (tertiary/aromatic N) is 2. The van der Waals surface area contributed by atoms with Crippen molar-refractivity contribution in [2.75, 3.05) is 39.5 Å². The van der Waals surface area contributed by atoms with E-state index in [2.05, 4.69) is 10.3 Å². The third-order valence-electron chi connectivity index (χ3n) is 3.87. The fourth-order valence-electron chi connectivity index (χ4n) is 2.78. The molecule has 2 aliphatic heterocycles. The van der Waals surface area contributed by atoms with Crippen LogP contribution in [0.2, 0.25) is 0 Å². The monoisotopic (exact) mass is 320 g/mol. The molecule has 8 nitrogen and oxygen atoms in total. The molecule has 0 saturated carbocycles. The summed E-state index contributed by atoms with van der Waals surface area (Å²) in [4.78, 5) is 30.7. The number of aromatic nitrogens is 1. The van der Waals surface area contributed by atoms with E-state index in [1.807, 2.05) is 0 Å². The van der Waals surface area contributed by atoms with Gasteiger partial charge in [0.05, 0.1) is 25.2 Å². The van der Waals surface area contributed by atoms with Crippen LogP contribution in [0.3, 0.4) is 0 Å². The van der Waals surface area contributed by atoms with Gasteiger partial charge in [-0.3, -0.25) is 9.59 Å². The van der Waals surface area contributed by atoms with Gasteiger partial charge in [0.25, 0.3) is 5.91 Å². The van der Waals surface area contributed by atoms with Crippen molar-refractivity contribution in [3.63, 3.8) is 0 Å². The molecule has 3 rings (SSSR count). The Kier molecular flexibility index (Phi) is 4.73. The molecule has 2 fully saturated rings. The Balaban J connectivity index is 1.81. The van der Waals surface area contributed by atoms with Gasteiger partial charge in [0.1, 0.15) is 6.61 Å². The van der Waals surface area contributed by atoms with Gasteiger partial charge in [-0.05, 0) is 12.1 Å². The van der Waals surface area contributed by atoms with E-state index in [1.54, 1.807) is 23.2 Å². The number of rotatable bonds is 4. The van der Waals surface area contributed by atoms with Crippen LogP contribution >= 0.6 is 0 Å². The van der Waals surface area contributed by atoms with Crippen molar-refractivity contribution in [2.24, 2.45) is 11.7 Å². The van der Waals surface area contributed by atoms with E-state index in [9.17, 15) is 9.59 Å². The summed E-state index contributed by atoms with van der Waals surface area (Å²) < 4.78 is 11.0. The number of nitrogens with one attached hydrogen (secondary N) is 1. The molecule has 0 aliphatic carbocycles. The number of carbonyl (C=O) groups excluding carboxylic acids is 2. The minimum absolute atomic E-state index is 0.0663. The molecule has 2 saturated heterocycles. The summed E-state index contributed by atoms with van der Waals surface area (Å²) in [6.07, 6.45) is 1.55. The van der Waals surface area contributed by atoms with Crippen LogP contribution in [0.5, 0.6) is 5.75 Å². The maximum absolute atomic E-state index is 12.8. The zero-order valence-corrected chi connectivity index (χ0v) is 12.7. The maximum atomic E-state index is 12.8. The Morgan fingerprint density at radius 2 is 2.35 bits per heavy atom. The lowest BCUT2D eigenvalue weighted by molar-refractivity contribution is -0.125. The molecule has 2 bridgehead atoms. The van der Waals surface area contributed by atoms with Gasteiger partial charge in [-0.15, -0.1) is 0 Å². The molecule has 124 valence electrons. The van der Waals surface area contributed by atoms with Gasteiger partial charge in [-0.2, -0.15) is 0 Å². The van der Waals surface area contributed by atoms with E-state index in [0.29, 0.717) is 45.2 Å². The Labute approximate surface area is 133 Å². The van der Waals surface area contributed by atoms with E-state index >= 15 is 0 Å². The van der Waals surface area contributed by atoms with E-state index < -0.39 is 0 Å². The molecule has 1 aromatic heterocycles. The van der Waals surface area contributed by atoms with Crippen LogP contribution in [0.4, 0.5) is 0 Å².